The van der Waals surface area contributed by atoms with Crippen LogP contribution in [0.25, 0.3) is 22.1 Å². The van der Waals surface area contributed by atoms with Crippen molar-refractivity contribution in [3.63, 3.8) is 0 Å². The maximum Gasteiger partial charge on any atom is 0.200 e. The Morgan fingerprint density at radius 2 is 1.53 bits per heavy atom. The van der Waals surface area contributed by atoms with Crippen LogP contribution in [0.3, 0.4) is 0 Å². The summed E-state index contributed by atoms with van der Waals surface area (Å²) >= 11 is 0. The van der Waals surface area contributed by atoms with Crippen LogP contribution in [0.5, 0.6) is 11.5 Å². The molecule has 4 rings (SSSR count). The zero-order chi connectivity index (χ0) is 25.8. The molecule has 2 heterocycles. The normalized spacial score (nSPS) is 24.1. The zero-order valence-electron chi connectivity index (χ0n) is 19.2. The number of aliphatic hydroxyl groups is 6. The van der Waals surface area contributed by atoms with Gasteiger partial charge >= 0.3 is 0 Å². The van der Waals surface area contributed by atoms with Crippen LogP contribution in [0.4, 0.5) is 0 Å². The summed E-state index contributed by atoms with van der Waals surface area (Å²) in [5.74, 6) is 0.649. The molecule has 0 spiro atoms. The highest BCUT2D eigenvalue weighted by Crippen LogP contribution is 2.41. The maximum absolute atomic E-state index is 13.4. The molecule has 1 aromatic heterocycles. The first-order chi connectivity index (χ1) is 17.4. The standard InChI is InChI=1S/C25H28O11/c26-7-9-33-14-3-1-13(2-4-14)16-12-35-24-15(20(16)29)5-6-17(34-10-8-27)19(24)25-23(32)22(31)21(30)18(11-28)36-25/h1-6,12,18,21-23,25-28,30-32H,7-11H2/t18-,21-,22+,23-,25+/m1/s1. The van der Waals surface area contributed by atoms with Crippen molar-refractivity contribution in [1.82, 2.24) is 0 Å². The molecular weight excluding hydrogens is 476 g/mol. The molecule has 194 valence electrons. The van der Waals surface area contributed by atoms with E-state index in [1.54, 1.807) is 24.3 Å². The smallest absolute Gasteiger partial charge is 0.200 e. The number of aliphatic hydroxyl groups excluding tert-OH is 6. The summed E-state index contributed by atoms with van der Waals surface area (Å²) in [5, 5.41) is 59.0. The fourth-order valence-electron chi connectivity index (χ4n) is 4.19. The first-order valence-corrected chi connectivity index (χ1v) is 11.4. The number of benzene rings is 2. The summed E-state index contributed by atoms with van der Waals surface area (Å²) in [4.78, 5) is 13.4. The van der Waals surface area contributed by atoms with E-state index in [1.165, 1.54) is 18.4 Å². The number of fused-ring (bicyclic) bond motifs is 1. The monoisotopic (exact) mass is 504 g/mol. The minimum atomic E-state index is -1.65. The average molecular weight is 504 g/mol. The first-order valence-electron chi connectivity index (χ1n) is 11.4. The molecule has 3 aromatic rings. The van der Waals surface area contributed by atoms with E-state index in [9.17, 15) is 30.3 Å². The molecule has 5 atom stereocenters. The summed E-state index contributed by atoms with van der Waals surface area (Å²) in [5.41, 5.74) is 0.525. The molecule has 2 aromatic carbocycles. The molecule has 1 aliphatic heterocycles. The van der Waals surface area contributed by atoms with Crippen LogP contribution in [0.2, 0.25) is 0 Å². The van der Waals surface area contributed by atoms with Crippen molar-refractivity contribution >= 4 is 11.0 Å². The molecule has 0 unspecified atom stereocenters. The summed E-state index contributed by atoms with van der Waals surface area (Å²) in [6.07, 6.45) is -6.12. The van der Waals surface area contributed by atoms with Crippen LogP contribution in [0.15, 0.2) is 51.9 Å². The fourth-order valence-corrected chi connectivity index (χ4v) is 4.19. The number of hydrogen-bond donors (Lipinski definition) is 6. The van der Waals surface area contributed by atoms with Crippen molar-refractivity contribution in [2.75, 3.05) is 33.0 Å². The van der Waals surface area contributed by atoms with Gasteiger partial charge in [-0.1, -0.05) is 12.1 Å². The van der Waals surface area contributed by atoms with Gasteiger partial charge in [0.2, 0.25) is 5.43 Å². The molecule has 0 radical (unpaired) electrons. The highest BCUT2D eigenvalue weighted by Gasteiger charge is 2.46. The van der Waals surface area contributed by atoms with Gasteiger partial charge in [-0.3, -0.25) is 4.79 Å². The van der Waals surface area contributed by atoms with E-state index in [1.807, 2.05) is 0 Å². The third kappa shape index (κ3) is 4.95. The Labute approximate surface area is 205 Å². The van der Waals surface area contributed by atoms with Crippen molar-refractivity contribution in [2.24, 2.45) is 0 Å². The number of hydrogen-bond acceptors (Lipinski definition) is 11. The van der Waals surface area contributed by atoms with Gasteiger partial charge < -0.3 is 49.3 Å². The second kappa shape index (κ2) is 11.4. The van der Waals surface area contributed by atoms with Crippen molar-refractivity contribution in [3.8, 4) is 22.6 Å². The van der Waals surface area contributed by atoms with Gasteiger partial charge in [-0.05, 0) is 29.8 Å². The van der Waals surface area contributed by atoms with Crippen LogP contribution in [0.1, 0.15) is 11.7 Å². The van der Waals surface area contributed by atoms with Gasteiger partial charge in [0.1, 0.15) is 67.1 Å². The molecule has 0 bridgehead atoms. The summed E-state index contributed by atoms with van der Waals surface area (Å²) in [6, 6.07) is 9.58. The number of rotatable bonds is 9. The van der Waals surface area contributed by atoms with E-state index in [-0.39, 0.29) is 59.7 Å². The largest absolute Gasteiger partial charge is 0.491 e. The molecule has 0 saturated carbocycles. The van der Waals surface area contributed by atoms with E-state index < -0.39 is 37.1 Å². The van der Waals surface area contributed by atoms with E-state index in [2.05, 4.69) is 0 Å². The number of ether oxygens (including phenoxy) is 3. The highest BCUT2D eigenvalue weighted by molar-refractivity contribution is 5.86. The predicted molar refractivity (Wildman–Crippen MR) is 126 cm³/mol. The van der Waals surface area contributed by atoms with Crippen molar-refractivity contribution in [1.29, 1.82) is 0 Å². The topological polar surface area (TPSA) is 179 Å². The van der Waals surface area contributed by atoms with E-state index in [0.29, 0.717) is 11.3 Å². The van der Waals surface area contributed by atoms with Gasteiger partial charge in [-0.25, -0.2) is 0 Å². The summed E-state index contributed by atoms with van der Waals surface area (Å²) in [7, 11) is 0. The van der Waals surface area contributed by atoms with Gasteiger partial charge in [0, 0.05) is 0 Å². The second-order valence-corrected chi connectivity index (χ2v) is 8.25. The highest BCUT2D eigenvalue weighted by atomic mass is 16.5. The lowest BCUT2D eigenvalue weighted by Gasteiger charge is -2.40. The van der Waals surface area contributed by atoms with E-state index in [4.69, 9.17) is 23.7 Å². The lowest BCUT2D eigenvalue weighted by Crippen LogP contribution is -2.55. The average Bonchev–Trinajstić information content (AvgIpc) is 2.90. The predicted octanol–water partition coefficient (Wildman–Crippen LogP) is -0.283. The van der Waals surface area contributed by atoms with Crippen LogP contribution in [0, 0.1) is 0 Å². The molecule has 1 saturated heterocycles. The lowest BCUT2D eigenvalue weighted by molar-refractivity contribution is -0.231. The second-order valence-electron chi connectivity index (χ2n) is 8.25. The summed E-state index contributed by atoms with van der Waals surface area (Å²) in [6.45, 7) is -1.04. The Kier molecular flexibility index (Phi) is 8.21. The van der Waals surface area contributed by atoms with Gasteiger partial charge in [0.05, 0.1) is 36.3 Å². The van der Waals surface area contributed by atoms with Crippen LogP contribution in [-0.4, -0.2) is 88.1 Å². The molecule has 11 nitrogen and oxygen atoms in total. The zero-order valence-corrected chi connectivity index (χ0v) is 19.2. The molecule has 0 aliphatic carbocycles. The summed E-state index contributed by atoms with van der Waals surface area (Å²) < 4.78 is 22.5. The van der Waals surface area contributed by atoms with Gasteiger partial charge in [-0.2, -0.15) is 0 Å². The minimum Gasteiger partial charge on any atom is -0.491 e. The Morgan fingerprint density at radius 3 is 2.19 bits per heavy atom. The van der Waals surface area contributed by atoms with Gasteiger partial charge in [0.25, 0.3) is 0 Å². The van der Waals surface area contributed by atoms with Crippen molar-refractivity contribution in [3.05, 3.63) is 58.4 Å². The lowest BCUT2D eigenvalue weighted by atomic mass is 9.89. The maximum atomic E-state index is 13.4. The van der Waals surface area contributed by atoms with Gasteiger partial charge in [0.15, 0.2) is 0 Å². The molecule has 0 amide bonds. The molecule has 11 heteroatoms. The van der Waals surface area contributed by atoms with E-state index in [0.717, 1.165) is 0 Å². The SMILES string of the molecule is O=c1c(-c2ccc(OCCO)cc2)coc2c([C@@H]3O[C@H](CO)[C@@H](O)[C@H](O)[C@H]3O)c(OCCO)ccc12. The third-order valence-electron chi connectivity index (χ3n) is 5.99. The third-order valence-corrected chi connectivity index (χ3v) is 5.99. The van der Waals surface area contributed by atoms with Gasteiger partial charge in [-0.15, -0.1) is 0 Å². The van der Waals surface area contributed by atoms with Crippen LogP contribution in [-0.2, 0) is 4.74 Å². The van der Waals surface area contributed by atoms with E-state index >= 15 is 0 Å². The Balaban J connectivity index is 1.81. The quantitative estimate of drug-likeness (QED) is 0.226. The molecule has 1 fully saturated rings. The first kappa shape index (κ1) is 26.0. The van der Waals surface area contributed by atoms with Crippen LogP contribution < -0.4 is 14.9 Å². The van der Waals surface area contributed by atoms with Crippen molar-refractivity contribution in [2.45, 2.75) is 30.5 Å². The fraction of sp³-hybridized carbons (Fsp3) is 0.400. The molecular formula is C25H28O11. The van der Waals surface area contributed by atoms with Crippen molar-refractivity contribution < 1.29 is 49.3 Å². The molecule has 1 aliphatic rings. The minimum absolute atomic E-state index is 0.0198. The Morgan fingerprint density at radius 1 is 0.833 bits per heavy atom. The van der Waals surface area contributed by atoms with Crippen LogP contribution >= 0.6 is 0 Å². The Hall–Kier alpha value is -3.03. The molecule has 6 N–H and O–H groups in total. The Bertz CT molecular complexity index is 1220. The molecule has 36 heavy (non-hydrogen) atoms.